The van der Waals surface area contributed by atoms with Crippen LogP contribution in [-0.4, -0.2) is 50.3 Å². The van der Waals surface area contributed by atoms with Crippen molar-refractivity contribution in [2.45, 2.75) is 32.4 Å². The van der Waals surface area contributed by atoms with Crippen molar-refractivity contribution in [3.63, 3.8) is 0 Å². The van der Waals surface area contributed by atoms with Gasteiger partial charge in [-0.2, -0.15) is 5.10 Å². The number of carbonyl (C=O) groups is 2. The molecule has 8 heteroatoms. The number of rotatable bonds is 6. The Labute approximate surface area is 104 Å². The van der Waals surface area contributed by atoms with Crippen LogP contribution in [0, 0.1) is 0 Å². The number of carbonyl (C=O) groups excluding carboxylic acids is 1. The molecule has 0 aliphatic heterocycles. The maximum absolute atomic E-state index is 11.7. The number of hydrogen-bond donors (Lipinski definition) is 3. The Morgan fingerprint density at radius 1 is 1.61 bits per heavy atom. The van der Waals surface area contributed by atoms with Crippen LogP contribution in [0.4, 0.5) is 4.79 Å². The molecule has 0 aromatic carbocycles. The van der Waals surface area contributed by atoms with Gasteiger partial charge in [0.25, 0.3) is 0 Å². The van der Waals surface area contributed by atoms with Crippen LogP contribution in [0.2, 0.25) is 0 Å². The van der Waals surface area contributed by atoms with E-state index in [0.717, 1.165) is 0 Å². The monoisotopic (exact) mass is 255 g/mol. The van der Waals surface area contributed by atoms with Crippen molar-refractivity contribution in [1.82, 2.24) is 25.4 Å². The van der Waals surface area contributed by atoms with E-state index in [4.69, 9.17) is 5.11 Å². The molecular formula is C10H17N5O3. The van der Waals surface area contributed by atoms with Gasteiger partial charge in [0.15, 0.2) is 0 Å². The van der Waals surface area contributed by atoms with Crippen molar-refractivity contribution < 1.29 is 14.7 Å². The molecule has 2 amide bonds. The van der Waals surface area contributed by atoms with E-state index in [-0.39, 0.29) is 18.5 Å². The van der Waals surface area contributed by atoms with Gasteiger partial charge in [-0.3, -0.25) is 9.89 Å². The van der Waals surface area contributed by atoms with Gasteiger partial charge >= 0.3 is 12.0 Å². The molecule has 0 spiro atoms. The standard InChI is InChI=1S/C10H17N5O3/c1-7(3-4-9(16)17)13-10(18)15(2)5-8-11-6-12-14-8/h6-7H,3-5H2,1-2H3,(H,13,18)(H,16,17)(H,11,12,14). The van der Waals surface area contributed by atoms with Crippen molar-refractivity contribution in [1.29, 1.82) is 0 Å². The lowest BCUT2D eigenvalue weighted by Crippen LogP contribution is -2.41. The molecule has 1 aromatic heterocycles. The summed E-state index contributed by atoms with van der Waals surface area (Å²) >= 11 is 0. The van der Waals surface area contributed by atoms with Gasteiger partial charge in [-0.1, -0.05) is 0 Å². The highest BCUT2D eigenvalue weighted by molar-refractivity contribution is 5.74. The third-order valence-corrected chi connectivity index (χ3v) is 2.36. The van der Waals surface area contributed by atoms with Crippen LogP contribution >= 0.6 is 0 Å². The van der Waals surface area contributed by atoms with Crippen LogP contribution in [0.1, 0.15) is 25.6 Å². The molecule has 1 unspecified atom stereocenters. The number of hydrogen-bond acceptors (Lipinski definition) is 4. The van der Waals surface area contributed by atoms with E-state index in [2.05, 4.69) is 20.5 Å². The van der Waals surface area contributed by atoms with Gasteiger partial charge in [-0.25, -0.2) is 9.78 Å². The van der Waals surface area contributed by atoms with Gasteiger partial charge in [-0.15, -0.1) is 0 Å². The number of carboxylic acids is 1. The molecule has 0 bridgehead atoms. The zero-order chi connectivity index (χ0) is 13.5. The molecule has 0 aliphatic rings. The molecule has 0 saturated heterocycles. The lowest BCUT2D eigenvalue weighted by Gasteiger charge is -2.20. The van der Waals surface area contributed by atoms with Crippen LogP contribution in [0.3, 0.4) is 0 Å². The van der Waals surface area contributed by atoms with E-state index in [9.17, 15) is 9.59 Å². The zero-order valence-electron chi connectivity index (χ0n) is 10.4. The Morgan fingerprint density at radius 3 is 2.89 bits per heavy atom. The second-order valence-electron chi connectivity index (χ2n) is 4.07. The van der Waals surface area contributed by atoms with E-state index in [1.165, 1.54) is 11.2 Å². The summed E-state index contributed by atoms with van der Waals surface area (Å²) in [5.74, 6) is -0.281. The van der Waals surface area contributed by atoms with Crippen LogP contribution < -0.4 is 5.32 Å². The smallest absolute Gasteiger partial charge is 0.317 e. The minimum absolute atomic E-state index is 0.0350. The predicted octanol–water partition coefficient (Wildman–Crippen LogP) is 0.199. The first-order chi connectivity index (χ1) is 8.49. The number of urea groups is 1. The average Bonchev–Trinajstić information content (AvgIpc) is 2.79. The van der Waals surface area contributed by atoms with Gasteiger partial charge in [0.2, 0.25) is 0 Å². The number of H-pyrrole nitrogens is 1. The molecule has 1 atom stereocenters. The summed E-state index contributed by atoms with van der Waals surface area (Å²) in [6.45, 7) is 2.08. The van der Waals surface area contributed by atoms with Crippen LogP contribution in [0.25, 0.3) is 0 Å². The minimum atomic E-state index is -0.869. The molecule has 0 radical (unpaired) electrons. The molecule has 3 N–H and O–H groups in total. The van der Waals surface area contributed by atoms with E-state index in [1.807, 2.05) is 0 Å². The van der Waals surface area contributed by atoms with Crippen molar-refractivity contribution in [3.05, 3.63) is 12.2 Å². The summed E-state index contributed by atoms with van der Waals surface area (Å²) in [5, 5.41) is 17.6. The molecule has 0 saturated carbocycles. The predicted molar refractivity (Wildman–Crippen MR) is 62.7 cm³/mol. The van der Waals surface area contributed by atoms with Crippen LogP contribution in [0.5, 0.6) is 0 Å². The third kappa shape index (κ3) is 4.81. The average molecular weight is 255 g/mol. The van der Waals surface area contributed by atoms with Crippen LogP contribution in [0.15, 0.2) is 6.33 Å². The SMILES string of the molecule is CC(CCC(=O)O)NC(=O)N(C)Cc1ncn[nH]1. The minimum Gasteiger partial charge on any atom is -0.481 e. The molecule has 1 heterocycles. The number of aromatic nitrogens is 3. The summed E-state index contributed by atoms with van der Waals surface area (Å²) in [6.07, 6.45) is 1.81. The topological polar surface area (TPSA) is 111 Å². The number of nitrogens with zero attached hydrogens (tertiary/aromatic N) is 3. The Morgan fingerprint density at radius 2 is 2.33 bits per heavy atom. The van der Waals surface area contributed by atoms with Crippen LogP contribution in [-0.2, 0) is 11.3 Å². The highest BCUT2D eigenvalue weighted by Gasteiger charge is 2.13. The first-order valence-corrected chi connectivity index (χ1v) is 5.56. The summed E-state index contributed by atoms with van der Waals surface area (Å²) in [4.78, 5) is 27.5. The van der Waals surface area contributed by atoms with Crippen molar-refractivity contribution in [2.75, 3.05) is 7.05 Å². The normalized spacial score (nSPS) is 11.9. The quantitative estimate of drug-likeness (QED) is 0.672. The number of amides is 2. The lowest BCUT2D eigenvalue weighted by atomic mass is 10.2. The summed E-state index contributed by atoms with van der Waals surface area (Å²) in [7, 11) is 1.63. The second kappa shape index (κ2) is 6.58. The van der Waals surface area contributed by atoms with E-state index < -0.39 is 5.97 Å². The first kappa shape index (κ1) is 13.9. The maximum atomic E-state index is 11.7. The molecule has 0 fully saturated rings. The molecule has 1 rings (SSSR count). The Hall–Kier alpha value is -2.12. The Bertz CT molecular complexity index is 392. The Balaban J connectivity index is 2.33. The maximum Gasteiger partial charge on any atom is 0.317 e. The second-order valence-corrected chi connectivity index (χ2v) is 4.07. The number of carboxylic acid groups (broad SMARTS) is 1. The fourth-order valence-electron chi connectivity index (χ4n) is 1.34. The molecule has 1 aromatic rings. The fraction of sp³-hybridized carbons (Fsp3) is 0.600. The van der Waals surface area contributed by atoms with Crippen molar-refractivity contribution in [3.8, 4) is 0 Å². The van der Waals surface area contributed by atoms with Crippen molar-refractivity contribution in [2.24, 2.45) is 0 Å². The molecule has 8 nitrogen and oxygen atoms in total. The summed E-state index contributed by atoms with van der Waals surface area (Å²) in [6, 6.07) is -0.463. The van der Waals surface area contributed by atoms with Gasteiger partial charge in [0.05, 0.1) is 6.54 Å². The molecular weight excluding hydrogens is 238 g/mol. The highest BCUT2D eigenvalue weighted by atomic mass is 16.4. The summed E-state index contributed by atoms with van der Waals surface area (Å²) in [5.41, 5.74) is 0. The molecule has 0 aliphatic carbocycles. The number of aromatic amines is 1. The Kier molecular flexibility index (Phi) is 5.09. The zero-order valence-corrected chi connectivity index (χ0v) is 10.4. The number of aliphatic carboxylic acids is 1. The third-order valence-electron chi connectivity index (χ3n) is 2.36. The fourth-order valence-corrected chi connectivity index (χ4v) is 1.34. The molecule has 18 heavy (non-hydrogen) atoms. The summed E-state index contributed by atoms with van der Waals surface area (Å²) < 4.78 is 0. The van der Waals surface area contributed by atoms with E-state index >= 15 is 0 Å². The van der Waals surface area contributed by atoms with Crippen molar-refractivity contribution >= 4 is 12.0 Å². The first-order valence-electron chi connectivity index (χ1n) is 5.56. The van der Waals surface area contributed by atoms with Gasteiger partial charge in [0, 0.05) is 19.5 Å². The largest absolute Gasteiger partial charge is 0.481 e. The number of nitrogens with one attached hydrogen (secondary N) is 2. The van der Waals surface area contributed by atoms with Gasteiger partial charge < -0.3 is 15.3 Å². The molecule has 100 valence electrons. The van der Waals surface area contributed by atoms with E-state index in [0.29, 0.717) is 18.8 Å². The van der Waals surface area contributed by atoms with Gasteiger partial charge in [-0.05, 0) is 13.3 Å². The lowest BCUT2D eigenvalue weighted by molar-refractivity contribution is -0.137. The van der Waals surface area contributed by atoms with Gasteiger partial charge in [0.1, 0.15) is 12.2 Å². The van der Waals surface area contributed by atoms with E-state index in [1.54, 1.807) is 14.0 Å². The highest BCUT2D eigenvalue weighted by Crippen LogP contribution is 1.99.